The maximum Gasteiger partial charge on any atom is 0.309 e. The molecule has 4 saturated carbocycles. The van der Waals surface area contributed by atoms with Crippen LogP contribution >= 0.6 is 0 Å². The van der Waals surface area contributed by atoms with Gasteiger partial charge in [0.15, 0.2) is 5.78 Å². The summed E-state index contributed by atoms with van der Waals surface area (Å²) in [6, 6.07) is 0. The van der Waals surface area contributed by atoms with E-state index in [1.807, 2.05) is 13.0 Å². The van der Waals surface area contributed by atoms with Crippen LogP contribution in [-0.4, -0.2) is 28.1 Å². The van der Waals surface area contributed by atoms with Crippen molar-refractivity contribution in [3.63, 3.8) is 0 Å². The molecular formula is C29H44O4. The summed E-state index contributed by atoms with van der Waals surface area (Å²) in [7, 11) is 0. The number of aliphatic hydroxyl groups is 1. The number of aliphatic carboxylic acids is 1. The third kappa shape index (κ3) is 2.98. The van der Waals surface area contributed by atoms with Gasteiger partial charge in [-0.3, -0.25) is 9.59 Å². The van der Waals surface area contributed by atoms with Crippen LogP contribution in [-0.2, 0) is 9.59 Å². The molecule has 0 radical (unpaired) electrons. The van der Waals surface area contributed by atoms with Crippen LogP contribution in [0.3, 0.4) is 0 Å². The van der Waals surface area contributed by atoms with Crippen LogP contribution in [0.5, 0.6) is 0 Å². The van der Waals surface area contributed by atoms with Gasteiger partial charge in [0.1, 0.15) is 0 Å². The van der Waals surface area contributed by atoms with Gasteiger partial charge in [-0.15, -0.1) is 0 Å². The van der Waals surface area contributed by atoms with E-state index in [0.717, 1.165) is 51.4 Å². The number of allylic oxidation sites excluding steroid dienone is 2. The van der Waals surface area contributed by atoms with Gasteiger partial charge < -0.3 is 10.2 Å². The van der Waals surface area contributed by atoms with Crippen molar-refractivity contribution in [1.29, 1.82) is 0 Å². The monoisotopic (exact) mass is 456 g/mol. The molecule has 9 unspecified atom stereocenters. The number of ketones is 1. The Morgan fingerprint density at radius 1 is 0.879 bits per heavy atom. The smallest absolute Gasteiger partial charge is 0.309 e. The van der Waals surface area contributed by atoms with Crippen LogP contribution in [0.4, 0.5) is 0 Å². The van der Waals surface area contributed by atoms with Crippen molar-refractivity contribution in [3.8, 4) is 0 Å². The van der Waals surface area contributed by atoms with Crippen molar-refractivity contribution >= 4 is 11.8 Å². The van der Waals surface area contributed by atoms with Gasteiger partial charge in [-0.1, -0.05) is 40.2 Å². The van der Waals surface area contributed by atoms with E-state index in [-0.39, 0.29) is 45.4 Å². The Hall–Kier alpha value is -1.16. The molecule has 0 bridgehead atoms. The Labute approximate surface area is 199 Å². The largest absolute Gasteiger partial charge is 0.481 e. The molecule has 5 aliphatic rings. The van der Waals surface area contributed by atoms with Crippen molar-refractivity contribution in [1.82, 2.24) is 0 Å². The van der Waals surface area contributed by atoms with Gasteiger partial charge in [0.05, 0.1) is 11.5 Å². The molecule has 4 heteroatoms. The number of fused-ring (bicyclic) bond motifs is 7. The second-order valence-corrected chi connectivity index (χ2v) is 14.3. The second kappa shape index (κ2) is 6.95. The van der Waals surface area contributed by atoms with Crippen molar-refractivity contribution < 1.29 is 19.8 Å². The third-order valence-electron chi connectivity index (χ3n) is 12.3. The predicted octanol–water partition coefficient (Wildman–Crippen LogP) is 6.02. The summed E-state index contributed by atoms with van der Waals surface area (Å²) in [4.78, 5) is 26.2. The van der Waals surface area contributed by atoms with Gasteiger partial charge in [0.2, 0.25) is 0 Å². The second-order valence-electron chi connectivity index (χ2n) is 14.3. The standard InChI is InChI=1S/C29H44O4/c1-25(2)21-8-11-28(5)18-7-10-26(3)13-14-27(4,24(32)33)16-19(26)17(18)15-20(30)23(28)29(21,6)12-9-22(25)31/h15,18-19,21-23,31H,7-14,16H2,1-6H3,(H,32,33). The van der Waals surface area contributed by atoms with Gasteiger partial charge in [0.25, 0.3) is 0 Å². The van der Waals surface area contributed by atoms with Crippen LogP contribution in [0.2, 0.25) is 0 Å². The number of hydrogen-bond donors (Lipinski definition) is 2. The minimum atomic E-state index is -0.694. The molecular weight excluding hydrogens is 412 g/mol. The summed E-state index contributed by atoms with van der Waals surface area (Å²) in [6.45, 7) is 13.4. The van der Waals surface area contributed by atoms with E-state index in [1.54, 1.807) is 0 Å². The van der Waals surface area contributed by atoms with E-state index in [0.29, 0.717) is 18.3 Å². The molecule has 0 heterocycles. The highest BCUT2D eigenvalue weighted by Crippen LogP contribution is 2.71. The third-order valence-corrected chi connectivity index (χ3v) is 12.3. The van der Waals surface area contributed by atoms with E-state index < -0.39 is 11.4 Å². The van der Waals surface area contributed by atoms with Gasteiger partial charge in [-0.25, -0.2) is 0 Å². The zero-order valence-electron chi connectivity index (χ0n) is 21.5. The molecule has 0 saturated heterocycles. The lowest BCUT2D eigenvalue weighted by molar-refractivity contribution is -0.188. The molecule has 2 N–H and O–H groups in total. The van der Waals surface area contributed by atoms with E-state index >= 15 is 0 Å². The number of carbonyl (C=O) groups is 2. The van der Waals surface area contributed by atoms with E-state index in [4.69, 9.17) is 0 Å². The van der Waals surface area contributed by atoms with Crippen LogP contribution in [0.1, 0.15) is 99.3 Å². The maximum absolute atomic E-state index is 14.1. The predicted molar refractivity (Wildman–Crippen MR) is 128 cm³/mol. The Kier molecular flexibility index (Phi) is 4.97. The van der Waals surface area contributed by atoms with Gasteiger partial charge >= 0.3 is 5.97 Å². The molecule has 5 aliphatic carbocycles. The quantitative estimate of drug-likeness (QED) is 0.506. The molecule has 0 aromatic rings. The van der Waals surface area contributed by atoms with Crippen LogP contribution in [0.15, 0.2) is 11.6 Å². The van der Waals surface area contributed by atoms with Crippen molar-refractivity contribution in [2.24, 2.45) is 50.7 Å². The number of aliphatic hydroxyl groups excluding tert-OH is 1. The maximum atomic E-state index is 14.1. The summed E-state index contributed by atoms with van der Waals surface area (Å²) < 4.78 is 0. The van der Waals surface area contributed by atoms with E-state index in [9.17, 15) is 19.8 Å². The number of rotatable bonds is 1. The lowest BCUT2D eigenvalue weighted by Gasteiger charge is -2.67. The number of carbonyl (C=O) groups excluding carboxylic acids is 1. The highest BCUT2D eigenvalue weighted by atomic mass is 16.4. The van der Waals surface area contributed by atoms with Crippen molar-refractivity contribution in [2.45, 2.75) is 105 Å². The number of hydrogen-bond acceptors (Lipinski definition) is 3. The van der Waals surface area contributed by atoms with E-state index in [1.165, 1.54) is 5.57 Å². The lowest BCUT2D eigenvalue weighted by atomic mass is 9.37. The molecule has 0 aliphatic heterocycles. The highest BCUT2D eigenvalue weighted by Gasteiger charge is 2.67. The van der Waals surface area contributed by atoms with Gasteiger partial charge in [-0.05, 0) is 110 Å². The Morgan fingerprint density at radius 3 is 2.21 bits per heavy atom. The fourth-order valence-corrected chi connectivity index (χ4v) is 10.1. The molecule has 9 atom stereocenters. The normalized spacial score (nSPS) is 53.1. The Balaban J connectivity index is 1.57. The molecule has 4 nitrogen and oxygen atoms in total. The zero-order chi connectivity index (χ0) is 24.2. The first-order chi connectivity index (χ1) is 15.2. The summed E-state index contributed by atoms with van der Waals surface area (Å²) in [5, 5.41) is 20.8. The highest BCUT2D eigenvalue weighted by molar-refractivity contribution is 5.95. The molecule has 0 aromatic heterocycles. The van der Waals surface area contributed by atoms with Gasteiger partial charge in [-0.2, -0.15) is 0 Å². The molecule has 184 valence electrons. The molecule has 5 rings (SSSR count). The first kappa shape index (κ1) is 23.6. The summed E-state index contributed by atoms with van der Waals surface area (Å²) in [6.07, 6.45) is 10.1. The average Bonchev–Trinajstić information content (AvgIpc) is 2.71. The van der Waals surface area contributed by atoms with Crippen molar-refractivity contribution in [3.05, 3.63) is 11.6 Å². The molecule has 0 spiro atoms. The summed E-state index contributed by atoms with van der Waals surface area (Å²) >= 11 is 0. The summed E-state index contributed by atoms with van der Waals surface area (Å²) in [5.74, 6) is 0.530. The lowest BCUT2D eigenvalue weighted by Crippen LogP contribution is -2.64. The SMILES string of the molecule is CC1(C(=O)O)CCC2(C)CCC3C(=CC(=O)C4C3(C)CCC3C(C)(C)C(O)CCC34C)C2C1. The molecule has 0 amide bonds. The number of carboxylic acid groups (broad SMARTS) is 1. The summed E-state index contributed by atoms with van der Waals surface area (Å²) in [5.41, 5.74) is 0.383. The molecule has 33 heavy (non-hydrogen) atoms. The van der Waals surface area contributed by atoms with Crippen molar-refractivity contribution in [2.75, 3.05) is 0 Å². The first-order valence-electron chi connectivity index (χ1n) is 13.4. The fraction of sp³-hybridized carbons (Fsp3) is 0.862. The molecule has 0 aromatic carbocycles. The fourth-order valence-electron chi connectivity index (χ4n) is 10.1. The minimum absolute atomic E-state index is 0.00285. The topological polar surface area (TPSA) is 74.6 Å². The number of carboxylic acids is 1. The minimum Gasteiger partial charge on any atom is -0.481 e. The average molecular weight is 457 g/mol. The Morgan fingerprint density at radius 2 is 1.55 bits per heavy atom. The van der Waals surface area contributed by atoms with Crippen LogP contribution in [0, 0.1) is 50.7 Å². The van der Waals surface area contributed by atoms with Crippen LogP contribution in [0.25, 0.3) is 0 Å². The Bertz CT molecular complexity index is 919. The first-order valence-corrected chi connectivity index (χ1v) is 13.4. The molecule has 4 fully saturated rings. The zero-order valence-corrected chi connectivity index (χ0v) is 21.5. The van der Waals surface area contributed by atoms with Crippen LogP contribution < -0.4 is 0 Å². The van der Waals surface area contributed by atoms with E-state index in [2.05, 4.69) is 34.6 Å². The van der Waals surface area contributed by atoms with Gasteiger partial charge in [0, 0.05) is 5.92 Å².